The van der Waals surface area contributed by atoms with Gasteiger partial charge in [0.05, 0.1) is 0 Å². The highest BCUT2D eigenvalue weighted by Crippen LogP contribution is 2.30. The van der Waals surface area contributed by atoms with Gasteiger partial charge in [-0.3, -0.25) is 0 Å². The number of hydrogen-bond acceptors (Lipinski definition) is 2. The third-order valence-corrected chi connectivity index (χ3v) is 3.57. The lowest BCUT2D eigenvalue weighted by Crippen LogP contribution is -2.11. The fraction of sp³-hybridized carbons (Fsp3) is 0.500. The summed E-state index contributed by atoms with van der Waals surface area (Å²) in [5.41, 5.74) is 2.03. The van der Waals surface area contributed by atoms with E-state index in [1.807, 2.05) is 6.92 Å². The summed E-state index contributed by atoms with van der Waals surface area (Å²) in [6, 6.07) is 3.44. The van der Waals surface area contributed by atoms with Crippen LogP contribution in [-0.2, 0) is 6.42 Å². The van der Waals surface area contributed by atoms with Gasteiger partial charge in [0.1, 0.15) is 5.75 Å². The van der Waals surface area contributed by atoms with Gasteiger partial charge < -0.3 is 10.4 Å². The molecule has 0 spiro atoms. The first-order valence-corrected chi connectivity index (χ1v) is 5.74. The van der Waals surface area contributed by atoms with Crippen LogP contribution in [0.5, 0.6) is 5.75 Å². The van der Waals surface area contributed by atoms with Crippen molar-refractivity contribution >= 4 is 11.6 Å². The fourth-order valence-electron chi connectivity index (χ4n) is 2.15. The molecule has 0 aliphatic carbocycles. The number of halogens is 1. The maximum absolute atomic E-state index is 9.80. The Morgan fingerprint density at radius 3 is 3.00 bits per heavy atom. The second-order valence-electron chi connectivity index (χ2n) is 4.23. The summed E-state index contributed by atoms with van der Waals surface area (Å²) in [6.45, 7) is 4.11. The molecule has 1 aliphatic rings. The highest BCUT2D eigenvalue weighted by molar-refractivity contribution is 6.31. The minimum absolute atomic E-state index is 0.379. The molecule has 1 unspecified atom stereocenters. The van der Waals surface area contributed by atoms with Crippen LogP contribution in [-0.4, -0.2) is 18.2 Å². The maximum Gasteiger partial charge on any atom is 0.119 e. The van der Waals surface area contributed by atoms with Crippen molar-refractivity contribution in [3.05, 3.63) is 28.3 Å². The van der Waals surface area contributed by atoms with Crippen molar-refractivity contribution in [3.63, 3.8) is 0 Å². The summed E-state index contributed by atoms with van der Waals surface area (Å²) >= 11 is 6.04. The molecule has 1 saturated heterocycles. The summed E-state index contributed by atoms with van der Waals surface area (Å²) in [5, 5.41) is 13.9. The molecular formula is C12H16ClNO. The lowest BCUT2D eigenvalue weighted by Gasteiger charge is -2.13. The maximum atomic E-state index is 9.80. The first-order chi connectivity index (χ1) is 7.18. The van der Waals surface area contributed by atoms with Gasteiger partial charge in [-0.1, -0.05) is 11.6 Å². The smallest absolute Gasteiger partial charge is 0.119 e. The van der Waals surface area contributed by atoms with Crippen LogP contribution in [0.3, 0.4) is 0 Å². The molecule has 0 amide bonds. The number of phenols is 1. The van der Waals surface area contributed by atoms with E-state index in [1.165, 1.54) is 6.42 Å². The molecule has 3 heteroatoms. The van der Waals surface area contributed by atoms with Crippen LogP contribution >= 0.6 is 11.6 Å². The van der Waals surface area contributed by atoms with Gasteiger partial charge in [0.15, 0.2) is 0 Å². The molecule has 0 radical (unpaired) electrons. The van der Waals surface area contributed by atoms with Crippen LogP contribution in [0.2, 0.25) is 5.02 Å². The zero-order valence-electron chi connectivity index (χ0n) is 8.89. The first kappa shape index (κ1) is 10.8. The number of nitrogens with one attached hydrogen (secondary N) is 1. The van der Waals surface area contributed by atoms with E-state index in [4.69, 9.17) is 11.6 Å². The van der Waals surface area contributed by atoms with Crippen molar-refractivity contribution in [1.29, 1.82) is 0 Å². The quantitative estimate of drug-likeness (QED) is 0.811. The van der Waals surface area contributed by atoms with E-state index < -0.39 is 0 Å². The van der Waals surface area contributed by atoms with Crippen LogP contribution in [0.15, 0.2) is 12.1 Å². The van der Waals surface area contributed by atoms with Crippen LogP contribution in [0.25, 0.3) is 0 Å². The molecule has 2 N–H and O–H groups in total. The van der Waals surface area contributed by atoms with Gasteiger partial charge in [0.25, 0.3) is 0 Å². The van der Waals surface area contributed by atoms with Crippen LogP contribution in [0.4, 0.5) is 0 Å². The normalized spacial score (nSPS) is 20.8. The number of aromatic hydroxyl groups is 1. The monoisotopic (exact) mass is 225 g/mol. The summed E-state index contributed by atoms with van der Waals surface area (Å²) in [5.74, 6) is 1.01. The average molecular weight is 226 g/mol. The van der Waals surface area contributed by atoms with Crippen molar-refractivity contribution in [2.75, 3.05) is 13.1 Å². The van der Waals surface area contributed by atoms with E-state index in [0.717, 1.165) is 35.7 Å². The Hall–Kier alpha value is -0.730. The molecule has 0 aromatic heterocycles. The van der Waals surface area contributed by atoms with E-state index in [0.29, 0.717) is 11.7 Å². The Labute approximate surface area is 95.3 Å². The molecular weight excluding hydrogens is 210 g/mol. The number of phenolic OH excluding ortho intramolecular Hbond substituents is 1. The Balaban J connectivity index is 2.22. The minimum Gasteiger partial charge on any atom is -0.508 e. The second-order valence-corrected chi connectivity index (χ2v) is 4.64. The lowest BCUT2D eigenvalue weighted by atomic mass is 9.95. The summed E-state index contributed by atoms with van der Waals surface area (Å²) in [7, 11) is 0. The summed E-state index contributed by atoms with van der Waals surface area (Å²) in [6.07, 6.45) is 2.11. The van der Waals surface area contributed by atoms with Crippen molar-refractivity contribution in [2.24, 2.45) is 5.92 Å². The van der Waals surface area contributed by atoms with Crippen molar-refractivity contribution in [3.8, 4) is 5.75 Å². The number of hydrogen-bond donors (Lipinski definition) is 2. The second kappa shape index (κ2) is 4.42. The topological polar surface area (TPSA) is 32.3 Å². The van der Waals surface area contributed by atoms with Crippen molar-refractivity contribution in [2.45, 2.75) is 19.8 Å². The predicted molar refractivity (Wildman–Crippen MR) is 62.5 cm³/mol. The summed E-state index contributed by atoms with van der Waals surface area (Å²) < 4.78 is 0. The molecule has 2 nitrogen and oxygen atoms in total. The Morgan fingerprint density at radius 1 is 1.53 bits per heavy atom. The molecule has 1 aliphatic heterocycles. The molecule has 1 aromatic carbocycles. The Bertz CT molecular complexity index is 359. The first-order valence-electron chi connectivity index (χ1n) is 5.36. The lowest BCUT2D eigenvalue weighted by molar-refractivity contribution is 0.458. The van der Waals surface area contributed by atoms with Crippen molar-refractivity contribution in [1.82, 2.24) is 5.32 Å². The molecule has 15 heavy (non-hydrogen) atoms. The van der Waals surface area contributed by atoms with Crippen LogP contribution in [0, 0.1) is 12.8 Å². The van der Waals surface area contributed by atoms with Gasteiger partial charge >= 0.3 is 0 Å². The zero-order chi connectivity index (χ0) is 10.8. The third-order valence-electron chi connectivity index (χ3n) is 3.16. The van der Waals surface area contributed by atoms with Crippen LogP contribution < -0.4 is 5.32 Å². The largest absolute Gasteiger partial charge is 0.508 e. The Kier molecular flexibility index (Phi) is 3.17. The minimum atomic E-state index is 0.379. The van der Waals surface area contributed by atoms with Gasteiger partial charge in [-0.25, -0.2) is 0 Å². The van der Waals surface area contributed by atoms with Gasteiger partial charge in [-0.05, 0) is 62.0 Å². The van der Waals surface area contributed by atoms with E-state index in [1.54, 1.807) is 12.1 Å². The van der Waals surface area contributed by atoms with Gasteiger partial charge in [-0.15, -0.1) is 0 Å². The molecule has 1 heterocycles. The predicted octanol–water partition coefficient (Wildman–Crippen LogP) is 2.51. The fourth-order valence-corrected chi connectivity index (χ4v) is 2.33. The Morgan fingerprint density at radius 2 is 2.33 bits per heavy atom. The molecule has 1 aromatic rings. The zero-order valence-corrected chi connectivity index (χ0v) is 9.64. The number of rotatable bonds is 2. The van der Waals surface area contributed by atoms with E-state index >= 15 is 0 Å². The molecule has 0 saturated carbocycles. The molecule has 82 valence electrons. The molecule has 0 bridgehead atoms. The van der Waals surface area contributed by atoms with Crippen molar-refractivity contribution < 1.29 is 5.11 Å². The van der Waals surface area contributed by atoms with E-state index in [2.05, 4.69) is 5.32 Å². The molecule has 2 rings (SSSR count). The number of benzene rings is 1. The van der Waals surface area contributed by atoms with Gasteiger partial charge in [0.2, 0.25) is 0 Å². The molecule has 1 atom stereocenters. The molecule has 1 fully saturated rings. The highest BCUT2D eigenvalue weighted by atomic mass is 35.5. The van der Waals surface area contributed by atoms with Gasteiger partial charge in [-0.2, -0.15) is 0 Å². The SMILES string of the molecule is Cc1c(Cl)ccc(O)c1CC1CCNC1. The van der Waals surface area contributed by atoms with E-state index in [9.17, 15) is 5.11 Å². The third kappa shape index (κ3) is 2.27. The van der Waals surface area contributed by atoms with E-state index in [-0.39, 0.29) is 0 Å². The standard InChI is InChI=1S/C12H16ClNO/c1-8-10(6-9-4-5-14-7-9)12(15)3-2-11(8)13/h2-3,9,14-15H,4-7H2,1H3. The van der Waals surface area contributed by atoms with Gasteiger partial charge in [0, 0.05) is 5.02 Å². The summed E-state index contributed by atoms with van der Waals surface area (Å²) in [4.78, 5) is 0. The average Bonchev–Trinajstić information content (AvgIpc) is 2.71. The van der Waals surface area contributed by atoms with Crippen LogP contribution in [0.1, 0.15) is 17.5 Å². The highest BCUT2D eigenvalue weighted by Gasteiger charge is 2.18.